The minimum atomic E-state index is -0.454. The molecule has 0 bridgehead atoms. The van der Waals surface area contributed by atoms with E-state index in [0.717, 1.165) is 18.8 Å². The van der Waals surface area contributed by atoms with Crippen LogP contribution in [0.5, 0.6) is 0 Å². The first-order chi connectivity index (χ1) is 13.7. The molecule has 9 heteroatoms. The van der Waals surface area contributed by atoms with Crippen molar-refractivity contribution >= 4 is 17.9 Å². The summed E-state index contributed by atoms with van der Waals surface area (Å²) in [7, 11) is 0. The zero-order chi connectivity index (χ0) is 22.2. The van der Waals surface area contributed by atoms with Gasteiger partial charge in [0.2, 0.25) is 0 Å². The minimum Gasteiger partial charge on any atom is -0.515 e. The molecule has 2 aliphatic heterocycles. The van der Waals surface area contributed by atoms with E-state index >= 15 is 0 Å². The Morgan fingerprint density at radius 2 is 1.55 bits per heavy atom. The maximum atomic E-state index is 10.7. The van der Waals surface area contributed by atoms with Gasteiger partial charge in [-0.2, -0.15) is 0 Å². The summed E-state index contributed by atoms with van der Waals surface area (Å²) in [5.74, 6) is -1.18. The molecule has 2 atom stereocenters. The van der Waals surface area contributed by atoms with Gasteiger partial charge in [0.15, 0.2) is 0 Å². The highest BCUT2D eigenvalue weighted by Gasteiger charge is 2.24. The number of ether oxygens (including phenoxy) is 5. The first-order valence-electron chi connectivity index (χ1n) is 9.08. The van der Waals surface area contributed by atoms with E-state index in [1.54, 1.807) is 6.92 Å². The fourth-order valence-corrected chi connectivity index (χ4v) is 1.22. The molecule has 2 saturated heterocycles. The summed E-state index contributed by atoms with van der Waals surface area (Å²) in [6, 6.07) is 0. The Morgan fingerprint density at radius 1 is 1.03 bits per heavy atom. The minimum absolute atomic E-state index is 0.142. The smallest absolute Gasteiger partial charge is 0.336 e. The van der Waals surface area contributed by atoms with Crippen molar-refractivity contribution in [2.45, 2.75) is 39.4 Å². The van der Waals surface area contributed by atoms with Gasteiger partial charge in [-0.25, -0.2) is 14.4 Å². The summed E-state index contributed by atoms with van der Waals surface area (Å²) in [5, 5.41) is 8.34. The molecule has 0 spiro atoms. The van der Waals surface area contributed by atoms with Crippen molar-refractivity contribution in [3.63, 3.8) is 0 Å². The summed E-state index contributed by atoms with van der Waals surface area (Å²) in [6.07, 6.45) is 2.97. The number of aliphatic hydroxyl groups excluding tert-OH is 1. The summed E-state index contributed by atoms with van der Waals surface area (Å²) in [4.78, 5) is 31.7. The van der Waals surface area contributed by atoms with Gasteiger partial charge in [-0.3, -0.25) is 0 Å². The first kappa shape index (κ1) is 26.4. The molecule has 29 heavy (non-hydrogen) atoms. The summed E-state index contributed by atoms with van der Waals surface area (Å²) >= 11 is 0. The lowest BCUT2D eigenvalue weighted by Crippen LogP contribution is -2.09. The lowest BCUT2D eigenvalue weighted by atomic mass is 10.3. The molecule has 2 heterocycles. The van der Waals surface area contributed by atoms with Crippen LogP contribution in [0.3, 0.4) is 0 Å². The second-order valence-electron chi connectivity index (χ2n) is 6.07. The highest BCUT2D eigenvalue weighted by atomic mass is 16.6. The number of epoxide rings is 2. The van der Waals surface area contributed by atoms with Gasteiger partial charge in [0.25, 0.3) is 0 Å². The van der Waals surface area contributed by atoms with Crippen LogP contribution in [0.15, 0.2) is 36.6 Å². The van der Waals surface area contributed by atoms with Crippen molar-refractivity contribution in [3.05, 3.63) is 36.6 Å². The largest absolute Gasteiger partial charge is 0.515 e. The van der Waals surface area contributed by atoms with Crippen LogP contribution in [-0.4, -0.2) is 68.3 Å². The Hall–Kier alpha value is -2.65. The van der Waals surface area contributed by atoms with E-state index in [9.17, 15) is 14.4 Å². The quantitative estimate of drug-likeness (QED) is 0.198. The Kier molecular flexibility index (Phi) is 13.9. The number of rotatable bonds is 9. The number of esters is 3. The number of aliphatic hydroxyl groups is 1. The van der Waals surface area contributed by atoms with Crippen molar-refractivity contribution < 1.29 is 43.2 Å². The van der Waals surface area contributed by atoms with Crippen molar-refractivity contribution in [1.82, 2.24) is 0 Å². The average Bonchev–Trinajstić information content (AvgIpc) is 3.63. The Bertz CT molecular complexity index is 587. The molecule has 164 valence electrons. The van der Waals surface area contributed by atoms with Crippen molar-refractivity contribution in [2.24, 2.45) is 0 Å². The lowest BCUT2D eigenvalue weighted by Gasteiger charge is -2.00. The Labute approximate surface area is 170 Å². The summed E-state index contributed by atoms with van der Waals surface area (Å²) < 4.78 is 23.7. The van der Waals surface area contributed by atoms with Crippen molar-refractivity contribution in [1.29, 1.82) is 0 Å². The van der Waals surface area contributed by atoms with E-state index < -0.39 is 5.97 Å². The summed E-state index contributed by atoms with van der Waals surface area (Å²) in [5.41, 5.74) is 0.661. The number of hydrogen-bond donors (Lipinski definition) is 1. The third kappa shape index (κ3) is 16.0. The molecule has 0 aromatic rings. The predicted octanol–water partition coefficient (Wildman–Crippen LogP) is 2.02. The first-order valence-corrected chi connectivity index (χ1v) is 9.08. The predicted molar refractivity (Wildman–Crippen MR) is 104 cm³/mol. The van der Waals surface area contributed by atoms with Crippen LogP contribution in [0.25, 0.3) is 0 Å². The molecule has 0 aromatic heterocycles. The third-order valence-corrected chi connectivity index (χ3v) is 3.08. The van der Waals surface area contributed by atoms with Gasteiger partial charge in [-0.1, -0.05) is 20.1 Å². The molecule has 1 N–H and O–H groups in total. The fourth-order valence-electron chi connectivity index (χ4n) is 1.22. The zero-order valence-corrected chi connectivity index (χ0v) is 17.2. The highest BCUT2D eigenvalue weighted by Crippen LogP contribution is 2.09. The topological polar surface area (TPSA) is 124 Å². The van der Waals surface area contributed by atoms with Gasteiger partial charge >= 0.3 is 17.9 Å². The van der Waals surface area contributed by atoms with Gasteiger partial charge < -0.3 is 28.8 Å². The molecule has 2 rings (SSSR count). The molecule has 2 unspecified atom stereocenters. The molecular weight excluding hydrogens is 384 g/mol. The second-order valence-corrected chi connectivity index (χ2v) is 6.07. The monoisotopic (exact) mass is 414 g/mol. The van der Waals surface area contributed by atoms with Crippen LogP contribution < -0.4 is 0 Å². The average molecular weight is 414 g/mol. The molecule has 0 radical (unpaired) electrons. The normalized spacial score (nSPS) is 18.5. The zero-order valence-electron chi connectivity index (χ0n) is 17.2. The van der Waals surface area contributed by atoms with E-state index in [4.69, 9.17) is 19.3 Å². The molecule has 0 saturated carbocycles. The summed E-state index contributed by atoms with van der Waals surface area (Å²) in [6.45, 7) is 14.3. The molecule has 0 aromatic carbocycles. The van der Waals surface area contributed by atoms with Crippen LogP contribution in [0.2, 0.25) is 0 Å². The highest BCUT2D eigenvalue weighted by molar-refractivity contribution is 5.87. The van der Waals surface area contributed by atoms with E-state index in [-0.39, 0.29) is 29.7 Å². The lowest BCUT2D eigenvalue weighted by molar-refractivity contribution is -0.140. The van der Waals surface area contributed by atoms with Crippen molar-refractivity contribution in [2.75, 3.05) is 33.0 Å². The van der Waals surface area contributed by atoms with Gasteiger partial charge in [-0.05, 0) is 20.3 Å². The molecule has 0 aliphatic carbocycles. The molecule has 2 aliphatic rings. The van der Waals surface area contributed by atoms with Crippen molar-refractivity contribution in [3.8, 4) is 0 Å². The molecular formula is C20H30O9. The molecule has 0 amide bonds. The number of carbonyl (C=O) groups excluding carboxylic acids is 3. The van der Waals surface area contributed by atoms with Crippen LogP contribution in [0, 0.1) is 0 Å². The van der Waals surface area contributed by atoms with Gasteiger partial charge in [0.05, 0.1) is 31.7 Å². The van der Waals surface area contributed by atoms with E-state index in [0.29, 0.717) is 38.6 Å². The number of carbonyl (C=O) groups is 3. The standard InChI is InChI=1S/C7H10O3.C7H12O3.C6H8O3/c1-5(2)7(8)10-4-6-3-9-6;1-3-4-10-7(9)6(2)5-8;1-2-6(7)9-4-5-3-8-5/h6H,1,3-4H2,2H3;5,8H,3-4H2,1-2H3;2,5H,1,3-4H2. The van der Waals surface area contributed by atoms with Crippen LogP contribution >= 0.6 is 0 Å². The fraction of sp³-hybridized carbons (Fsp3) is 0.550. The van der Waals surface area contributed by atoms with E-state index in [1.807, 2.05) is 6.92 Å². The Balaban J connectivity index is 0.000000406. The second kappa shape index (κ2) is 15.3. The van der Waals surface area contributed by atoms with Crippen LogP contribution in [0.1, 0.15) is 27.2 Å². The van der Waals surface area contributed by atoms with E-state index in [2.05, 4.69) is 22.6 Å². The van der Waals surface area contributed by atoms with Gasteiger partial charge in [0.1, 0.15) is 25.4 Å². The maximum Gasteiger partial charge on any atom is 0.336 e. The Morgan fingerprint density at radius 3 is 1.93 bits per heavy atom. The van der Waals surface area contributed by atoms with Crippen LogP contribution in [0.4, 0.5) is 0 Å². The van der Waals surface area contributed by atoms with Gasteiger partial charge in [-0.15, -0.1) is 0 Å². The third-order valence-electron chi connectivity index (χ3n) is 3.08. The molecule has 9 nitrogen and oxygen atoms in total. The number of hydrogen-bond acceptors (Lipinski definition) is 9. The van der Waals surface area contributed by atoms with E-state index in [1.165, 1.54) is 6.92 Å². The molecule has 2 fully saturated rings. The van der Waals surface area contributed by atoms with Gasteiger partial charge in [0, 0.05) is 11.6 Å². The SMILES string of the molecule is C=C(C)C(=O)OCC1CO1.C=CC(=O)OCC1CO1.CCCOC(=O)C(C)=CO. The maximum absolute atomic E-state index is 10.7. The van der Waals surface area contributed by atoms with Crippen LogP contribution in [-0.2, 0) is 38.1 Å².